The Morgan fingerprint density at radius 1 is 1.30 bits per heavy atom. The molecular weight excluding hydrogens is 149 g/mol. The minimum atomic E-state index is -0.276. The highest BCUT2D eigenvalue weighted by molar-refractivity contribution is 8.03. The zero-order valence-electron chi connectivity index (χ0n) is 5.04. The summed E-state index contributed by atoms with van der Waals surface area (Å²) in [5.41, 5.74) is 0. The fraction of sp³-hybridized carbons (Fsp3) is 0. The van der Waals surface area contributed by atoms with Crippen LogP contribution in [0.15, 0.2) is 29.2 Å². The van der Waals surface area contributed by atoms with Crippen LogP contribution in [0.3, 0.4) is 0 Å². The van der Waals surface area contributed by atoms with E-state index in [9.17, 15) is 4.39 Å². The molecule has 0 heterocycles. The van der Waals surface area contributed by atoms with Crippen molar-refractivity contribution in [3.63, 3.8) is 0 Å². The van der Waals surface area contributed by atoms with Gasteiger partial charge in [-0.2, -0.15) is 5.26 Å². The van der Waals surface area contributed by atoms with Crippen molar-refractivity contribution in [3.8, 4) is 5.40 Å². The molecule has 3 heteroatoms. The summed E-state index contributed by atoms with van der Waals surface area (Å²) in [7, 11) is 0. The molecule has 0 spiro atoms. The van der Waals surface area contributed by atoms with E-state index in [0.717, 1.165) is 16.7 Å². The van der Waals surface area contributed by atoms with Crippen molar-refractivity contribution in [2.24, 2.45) is 0 Å². The maximum Gasteiger partial charge on any atom is 0.138 e. The van der Waals surface area contributed by atoms with Gasteiger partial charge in [-0.25, -0.2) is 4.39 Å². The molecule has 10 heavy (non-hydrogen) atoms. The molecule has 0 aliphatic heterocycles. The highest BCUT2D eigenvalue weighted by atomic mass is 32.2. The van der Waals surface area contributed by atoms with Gasteiger partial charge >= 0.3 is 0 Å². The van der Waals surface area contributed by atoms with Gasteiger partial charge in [-0.1, -0.05) is 0 Å². The molecule has 1 aromatic rings. The number of hydrogen-bond donors (Lipinski definition) is 0. The summed E-state index contributed by atoms with van der Waals surface area (Å²) < 4.78 is 12.2. The molecule has 0 radical (unpaired) electrons. The second-order valence-corrected chi connectivity index (χ2v) is 2.51. The molecule has 0 saturated carbocycles. The molecule has 0 aromatic heterocycles. The third-order valence-electron chi connectivity index (χ3n) is 0.977. The Labute approximate surface area is 62.5 Å². The quantitative estimate of drug-likeness (QED) is 0.457. The van der Waals surface area contributed by atoms with Crippen molar-refractivity contribution in [2.45, 2.75) is 4.90 Å². The Kier molecular flexibility index (Phi) is 2.30. The SMILES string of the molecule is N#CSc1ccc(F)cc1. The van der Waals surface area contributed by atoms with Crippen LogP contribution < -0.4 is 0 Å². The van der Waals surface area contributed by atoms with E-state index in [-0.39, 0.29) is 5.82 Å². The standard InChI is InChI=1S/C7H4FNS/c8-6-1-3-7(4-2-6)10-5-9/h1-4H. The maximum atomic E-state index is 12.2. The van der Waals surface area contributed by atoms with E-state index in [1.165, 1.54) is 12.1 Å². The molecule has 0 saturated heterocycles. The number of thiocyanates is 1. The molecule has 50 valence electrons. The van der Waals surface area contributed by atoms with Crippen LogP contribution in [0.25, 0.3) is 0 Å². The summed E-state index contributed by atoms with van der Waals surface area (Å²) in [5, 5.41) is 10.1. The average Bonchev–Trinajstić information content (AvgIpc) is 1.95. The molecule has 0 atom stereocenters. The van der Waals surface area contributed by atoms with Crippen LogP contribution in [0, 0.1) is 16.5 Å². The number of rotatable bonds is 1. The van der Waals surface area contributed by atoms with E-state index in [2.05, 4.69) is 0 Å². The number of halogens is 1. The Bertz CT molecular complexity index is 249. The predicted molar refractivity (Wildman–Crippen MR) is 37.9 cm³/mol. The van der Waals surface area contributed by atoms with Crippen LogP contribution in [-0.4, -0.2) is 0 Å². The lowest BCUT2D eigenvalue weighted by molar-refractivity contribution is 0.626. The second-order valence-electron chi connectivity index (χ2n) is 1.65. The summed E-state index contributed by atoms with van der Waals surface area (Å²) in [6.07, 6.45) is 0. The smallest absolute Gasteiger partial charge is 0.138 e. The first-order valence-corrected chi connectivity index (χ1v) is 3.46. The number of thioether (sulfide) groups is 1. The first-order valence-electron chi connectivity index (χ1n) is 2.64. The monoisotopic (exact) mass is 153 g/mol. The molecule has 0 aliphatic rings. The fourth-order valence-corrected chi connectivity index (χ4v) is 0.933. The number of nitriles is 1. The molecule has 1 rings (SSSR count). The van der Waals surface area contributed by atoms with Crippen molar-refractivity contribution in [3.05, 3.63) is 30.1 Å². The van der Waals surface area contributed by atoms with E-state index in [4.69, 9.17) is 5.26 Å². The van der Waals surface area contributed by atoms with Gasteiger partial charge in [0.2, 0.25) is 0 Å². The topological polar surface area (TPSA) is 23.8 Å². The third kappa shape index (κ3) is 1.74. The highest BCUT2D eigenvalue weighted by Crippen LogP contribution is 2.15. The normalized spacial score (nSPS) is 8.80. The van der Waals surface area contributed by atoms with E-state index >= 15 is 0 Å². The van der Waals surface area contributed by atoms with E-state index in [1.54, 1.807) is 12.1 Å². The van der Waals surface area contributed by atoms with Gasteiger partial charge in [-0.3, -0.25) is 0 Å². The lowest BCUT2D eigenvalue weighted by Gasteiger charge is -1.89. The Hall–Kier alpha value is -1.01. The summed E-state index contributed by atoms with van der Waals surface area (Å²) in [6.45, 7) is 0. The van der Waals surface area contributed by atoms with Crippen LogP contribution in [0.2, 0.25) is 0 Å². The Balaban J connectivity index is 2.81. The van der Waals surface area contributed by atoms with Gasteiger partial charge < -0.3 is 0 Å². The number of nitrogens with zero attached hydrogens (tertiary/aromatic N) is 1. The molecule has 0 aliphatic carbocycles. The summed E-state index contributed by atoms with van der Waals surface area (Å²) in [6, 6.07) is 5.81. The van der Waals surface area contributed by atoms with Crippen molar-refractivity contribution in [1.82, 2.24) is 0 Å². The lowest BCUT2D eigenvalue weighted by atomic mass is 10.4. The average molecular weight is 153 g/mol. The van der Waals surface area contributed by atoms with E-state index in [0.29, 0.717) is 0 Å². The highest BCUT2D eigenvalue weighted by Gasteiger charge is 1.91. The molecule has 0 N–H and O–H groups in total. The molecule has 0 fully saturated rings. The minimum Gasteiger partial charge on any atom is -0.207 e. The van der Waals surface area contributed by atoms with Crippen LogP contribution in [0.1, 0.15) is 0 Å². The molecule has 0 unspecified atom stereocenters. The first-order chi connectivity index (χ1) is 4.83. The summed E-state index contributed by atoms with van der Waals surface area (Å²) >= 11 is 1.02. The zero-order valence-corrected chi connectivity index (χ0v) is 5.86. The van der Waals surface area contributed by atoms with Gasteiger partial charge in [0, 0.05) is 4.90 Å². The van der Waals surface area contributed by atoms with Crippen molar-refractivity contribution in [2.75, 3.05) is 0 Å². The predicted octanol–water partition coefficient (Wildman–Crippen LogP) is 2.40. The van der Waals surface area contributed by atoms with Crippen LogP contribution in [0.4, 0.5) is 4.39 Å². The van der Waals surface area contributed by atoms with Crippen LogP contribution in [-0.2, 0) is 0 Å². The van der Waals surface area contributed by atoms with E-state index in [1.807, 2.05) is 5.40 Å². The van der Waals surface area contributed by atoms with Crippen LogP contribution >= 0.6 is 11.8 Å². The van der Waals surface area contributed by atoms with Crippen molar-refractivity contribution in [1.29, 1.82) is 5.26 Å². The lowest BCUT2D eigenvalue weighted by Crippen LogP contribution is -1.71. The number of hydrogen-bond acceptors (Lipinski definition) is 2. The van der Waals surface area contributed by atoms with Gasteiger partial charge in [0.05, 0.1) is 0 Å². The molecular formula is C7H4FNS. The molecule has 0 amide bonds. The molecule has 1 nitrogen and oxygen atoms in total. The first kappa shape index (κ1) is 7.10. The maximum absolute atomic E-state index is 12.2. The fourth-order valence-electron chi connectivity index (χ4n) is 0.555. The van der Waals surface area contributed by atoms with Gasteiger partial charge in [-0.05, 0) is 36.0 Å². The summed E-state index contributed by atoms with van der Waals surface area (Å²) in [5.74, 6) is -0.276. The molecule has 0 bridgehead atoms. The Morgan fingerprint density at radius 3 is 2.40 bits per heavy atom. The van der Waals surface area contributed by atoms with Gasteiger partial charge in [-0.15, -0.1) is 0 Å². The van der Waals surface area contributed by atoms with Gasteiger partial charge in [0.15, 0.2) is 0 Å². The van der Waals surface area contributed by atoms with Crippen molar-refractivity contribution >= 4 is 11.8 Å². The minimum absolute atomic E-state index is 0.276. The number of benzene rings is 1. The van der Waals surface area contributed by atoms with Crippen LogP contribution in [0.5, 0.6) is 0 Å². The largest absolute Gasteiger partial charge is 0.207 e. The summed E-state index contributed by atoms with van der Waals surface area (Å²) in [4.78, 5) is 0.768. The van der Waals surface area contributed by atoms with Gasteiger partial charge in [0.1, 0.15) is 11.2 Å². The second kappa shape index (κ2) is 3.23. The third-order valence-corrected chi connectivity index (χ3v) is 1.58. The van der Waals surface area contributed by atoms with Gasteiger partial charge in [0.25, 0.3) is 0 Å². The Morgan fingerprint density at radius 2 is 1.90 bits per heavy atom. The van der Waals surface area contributed by atoms with Crippen molar-refractivity contribution < 1.29 is 4.39 Å². The zero-order chi connectivity index (χ0) is 7.40. The molecule has 1 aromatic carbocycles. The van der Waals surface area contributed by atoms with E-state index < -0.39 is 0 Å².